The molecule has 92 valence electrons. The molecule has 0 spiro atoms. The number of likely N-dealkylation sites (tertiary alicyclic amines) is 1. The summed E-state index contributed by atoms with van der Waals surface area (Å²) in [7, 11) is 2.19. The van der Waals surface area contributed by atoms with Gasteiger partial charge in [-0.2, -0.15) is 5.26 Å². The Hall–Kier alpha value is -0.590. The number of rotatable bonds is 5. The third-order valence-corrected chi connectivity index (χ3v) is 3.50. The Morgan fingerprint density at radius 3 is 2.56 bits per heavy atom. The minimum Gasteiger partial charge on any atom is -0.316 e. The zero-order valence-electron chi connectivity index (χ0n) is 10.9. The van der Waals surface area contributed by atoms with E-state index in [2.05, 4.69) is 23.3 Å². The summed E-state index contributed by atoms with van der Waals surface area (Å²) >= 11 is 0. The second-order valence-electron chi connectivity index (χ2n) is 5.70. The summed E-state index contributed by atoms with van der Waals surface area (Å²) in [5.41, 5.74) is -0.181. The van der Waals surface area contributed by atoms with Gasteiger partial charge in [-0.15, -0.1) is 0 Å². The lowest BCUT2D eigenvalue weighted by Crippen LogP contribution is -2.35. The number of nitrogens with one attached hydrogen (secondary N) is 1. The Morgan fingerprint density at radius 1 is 1.38 bits per heavy atom. The second kappa shape index (κ2) is 6.22. The molecule has 1 saturated heterocycles. The maximum absolute atomic E-state index is 8.89. The molecule has 0 amide bonds. The number of hydrogen-bond acceptors (Lipinski definition) is 3. The van der Waals surface area contributed by atoms with Crippen molar-refractivity contribution in [2.24, 2.45) is 11.3 Å². The van der Waals surface area contributed by atoms with Crippen molar-refractivity contribution in [3.63, 3.8) is 0 Å². The summed E-state index contributed by atoms with van der Waals surface area (Å²) in [5.74, 6) is 0.835. The van der Waals surface area contributed by atoms with E-state index >= 15 is 0 Å². The van der Waals surface area contributed by atoms with Crippen LogP contribution in [0.25, 0.3) is 0 Å². The van der Waals surface area contributed by atoms with E-state index < -0.39 is 0 Å². The number of nitrogens with zero attached hydrogens (tertiary/aromatic N) is 2. The molecule has 16 heavy (non-hydrogen) atoms. The monoisotopic (exact) mass is 223 g/mol. The molecule has 1 N–H and O–H groups in total. The fourth-order valence-electron chi connectivity index (χ4n) is 2.03. The van der Waals surface area contributed by atoms with E-state index in [1.165, 1.54) is 25.9 Å². The van der Waals surface area contributed by atoms with Gasteiger partial charge in [0.15, 0.2) is 0 Å². The lowest BCUT2D eigenvalue weighted by atomic mass is 9.91. The summed E-state index contributed by atoms with van der Waals surface area (Å²) in [5, 5.41) is 12.4. The molecule has 0 aromatic rings. The SMILES string of the molecule is CN1CCC(CNCCC(C)(C)C#N)CC1. The van der Waals surface area contributed by atoms with E-state index in [-0.39, 0.29) is 5.41 Å². The molecule has 0 radical (unpaired) electrons. The lowest BCUT2D eigenvalue weighted by molar-refractivity contribution is 0.215. The van der Waals surface area contributed by atoms with Gasteiger partial charge in [0.25, 0.3) is 0 Å². The topological polar surface area (TPSA) is 39.1 Å². The van der Waals surface area contributed by atoms with Crippen LogP contribution in [0.1, 0.15) is 33.1 Å². The van der Waals surface area contributed by atoms with Crippen molar-refractivity contribution in [3.05, 3.63) is 0 Å². The van der Waals surface area contributed by atoms with Gasteiger partial charge in [-0.05, 0) is 72.3 Å². The molecule has 1 aliphatic rings. The van der Waals surface area contributed by atoms with E-state index in [0.717, 1.165) is 25.4 Å². The van der Waals surface area contributed by atoms with Crippen LogP contribution in [0.5, 0.6) is 0 Å². The van der Waals surface area contributed by atoms with Crippen LogP contribution in [0.4, 0.5) is 0 Å². The number of piperidine rings is 1. The first kappa shape index (κ1) is 13.5. The Labute approximate surface area is 99.8 Å². The molecule has 0 aliphatic carbocycles. The molecule has 0 unspecified atom stereocenters. The molecule has 0 aromatic heterocycles. The van der Waals surface area contributed by atoms with Gasteiger partial charge < -0.3 is 10.2 Å². The van der Waals surface area contributed by atoms with Crippen molar-refractivity contribution >= 4 is 0 Å². The van der Waals surface area contributed by atoms with Crippen molar-refractivity contribution in [2.45, 2.75) is 33.1 Å². The van der Waals surface area contributed by atoms with E-state index in [4.69, 9.17) is 5.26 Å². The lowest BCUT2D eigenvalue weighted by Gasteiger charge is -2.29. The van der Waals surface area contributed by atoms with E-state index in [1.54, 1.807) is 0 Å². The van der Waals surface area contributed by atoms with Crippen LogP contribution in [-0.4, -0.2) is 38.1 Å². The highest BCUT2D eigenvalue weighted by atomic mass is 15.1. The molecule has 0 atom stereocenters. The van der Waals surface area contributed by atoms with Gasteiger partial charge in [-0.1, -0.05) is 0 Å². The number of nitriles is 1. The maximum Gasteiger partial charge on any atom is 0.0684 e. The molecule has 0 saturated carbocycles. The first-order chi connectivity index (χ1) is 7.53. The molecule has 1 rings (SSSR count). The predicted octanol–water partition coefficient (Wildman–Crippen LogP) is 1.86. The molecule has 3 nitrogen and oxygen atoms in total. The van der Waals surface area contributed by atoms with Crippen molar-refractivity contribution in [1.29, 1.82) is 5.26 Å². The van der Waals surface area contributed by atoms with Crippen LogP contribution in [-0.2, 0) is 0 Å². The molecule has 1 aliphatic heterocycles. The zero-order valence-corrected chi connectivity index (χ0v) is 10.9. The highest BCUT2D eigenvalue weighted by Crippen LogP contribution is 2.18. The average molecular weight is 223 g/mol. The van der Waals surface area contributed by atoms with Crippen LogP contribution in [0.2, 0.25) is 0 Å². The first-order valence-corrected chi connectivity index (χ1v) is 6.34. The molecule has 1 heterocycles. The Bertz CT molecular complexity index is 234. The normalized spacial score (nSPS) is 19.6. The van der Waals surface area contributed by atoms with Gasteiger partial charge in [0.2, 0.25) is 0 Å². The van der Waals surface area contributed by atoms with Crippen LogP contribution in [0, 0.1) is 22.7 Å². The highest BCUT2D eigenvalue weighted by Gasteiger charge is 2.18. The van der Waals surface area contributed by atoms with Gasteiger partial charge in [0.1, 0.15) is 0 Å². The summed E-state index contributed by atoms with van der Waals surface area (Å²) in [6.45, 7) is 8.56. The average Bonchev–Trinajstić information content (AvgIpc) is 2.27. The largest absolute Gasteiger partial charge is 0.316 e. The Kier molecular flexibility index (Phi) is 5.24. The maximum atomic E-state index is 8.89. The van der Waals surface area contributed by atoms with Crippen LogP contribution >= 0.6 is 0 Å². The molecular formula is C13H25N3. The fraction of sp³-hybridized carbons (Fsp3) is 0.923. The zero-order chi connectivity index (χ0) is 12.0. The Balaban J connectivity index is 2.06. The first-order valence-electron chi connectivity index (χ1n) is 6.34. The fourth-order valence-corrected chi connectivity index (χ4v) is 2.03. The second-order valence-corrected chi connectivity index (χ2v) is 5.70. The standard InChI is InChI=1S/C13H25N3/c1-13(2,11-14)6-7-15-10-12-4-8-16(3)9-5-12/h12,15H,4-10H2,1-3H3. The third kappa shape index (κ3) is 4.96. The quantitative estimate of drug-likeness (QED) is 0.723. The van der Waals surface area contributed by atoms with E-state index in [9.17, 15) is 0 Å². The Morgan fingerprint density at radius 2 is 2.00 bits per heavy atom. The summed E-state index contributed by atoms with van der Waals surface area (Å²) in [6, 6.07) is 2.34. The van der Waals surface area contributed by atoms with Crippen molar-refractivity contribution in [2.75, 3.05) is 33.2 Å². The van der Waals surface area contributed by atoms with Crippen molar-refractivity contribution in [1.82, 2.24) is 10.2 Å². The minimum absolute atomic E-state index is 0.181. The molecule has 3 heteroatoms. The van der Waals surface area contributed by atoms with Gasteiger partial charge in [-0.3, -0.25) is 0 Å². The summed E-state index contributed by atoms with van der Waals surface area (Å²) in [4.78, 5) is 2.40. The van der Waals surface area contributed by atoms with E-state index in [0.29, 0.717) is 0 Å². The van der Waals surface area contributed by atoms with Crippen LogP contribution < -0.4 is 5.32 Å². The smallest absolute Gasteiger partial charge is 0.0684 e. The van der Waals surface area contributed by atoms with Crippen LogP contribution in [0.3, 0.4) is 0 Å². The summed E-state index contributed by atoms with van der Waals surface area (Å²) < 4.78 is 0. The predicted molar refractivity (Wildman–Crippen MR) is 67.1 cm³/mol. The summed E-state index contributed by atoms with van der Waals surface area (Å²) in [6.07, 6.45) is 3.56. The highest BCUT2D eigenvalue weighted by molar-refractivity contribution is 4.91. The number of hydrogen-bond donors (Lipinski definition) is 1. The molecule has 0 aromatic carbocycles. The van der Waals surface area contributed by atoms with Crippen LogP contribution in [0.15, 0.2) is 0 Å². The van der Waals surface area contributed by atoms with Crippen molar-refractivity contribution < 1.29 is 0 Å². The van der Waals surface area contributed by atoms with Gasteiger partial charge >= 0.3 is 0 Å². The minimum atomic E-state index is -0.181. The van der Waals surface area contributed by atoms with Gasteiger partial charge in [0, 0.05) is 0 Å². The van der Waals surface area contributed by atoms with Gasteiger partial charge in [0.05, 0.1) is 11.5 Å². The van der Waals surface area contributed by atoms with E-state index in [1.807, 2.05) is 13.8 Å². The third-order valence-electron chi connectivity index (χ3n) is 3.50. The molecule has 1 fully saturated rings. The molecule has 0 bridgehead atoms. The van der Waals surface area contributed by atoms with Crippen molar-refractivity contribution in [3.8, 4) is 6.07 Å². The van der Waals surface area contributed by atoms with Gasteiger partial charge in [-0.25, -0.2) is 0 Å². The molecular weight excluding hydrogens is 198 g/mol.